The number of carbonyl (C=O) groups is 1. The molecular formula is C26H28N4O4S. The molecule has 0 bridgehead atoms. The number of aromatic nitrogens is 2. The number of esters is 1. The van der Waals surface area contributed by atoms with Crippen molar-refractivity contribution in [3.63, 3.8) is 0 Å². The van der Waals surface area contributed by atoms with Crippen molar-refractivity contribution < 1.29 is 19.0 Å². The van der Waals surface area contributed by atoms with Gasteiger partial charge in [-0.3, -0.25) is 0 Å². The lowest BCUT2D eigenvalue weighted by atomic mass is 9.81. The van der Waals surface area contributed by atoms with Crippen LogP contribution < -0.4 is 20.5 Å². The number of nitrogens with one attached hydrogen (secondary N) is 2. The zero-order chi connectivity index (χ0) is 25.1. The Hall–Kier alpha value is -3.85. The number of hydrogen-bond acceptors (Lipinski definition) is 8. The molecule has 4 N–H and O–H groups in total. The number of aromatic amines is 1. The molecule has 0 amide bonds. The lowest BCUT2D eigenvalue weighted by molar-refractivity contribution is -0.142. The Morgan fingerprint density at radius 1 is 1.17 bits per heavy atom. The average molecular weight is 493 g/mol. The highest BCUT2D eigenvalue weighted by Gasteiger charge is 2.36. The lowest BCUT2D eigenvalue weighted by Gasteiger charge is -2.30. The van der Waals surface area contributed by atoms with Crippen molar-refractivity contribution in [3.8, 4) is 11.5 Å². The number of fused-ring (bicyclic) bond motifs is 1. The first-order valence-electron chi connectivity index (χ1n) is 11.2. The zero-order valence-electron chi connectivity index (χ0n) is 20.0. The lowest BCUT2D eigenvalue weighted by Crippen LogP contribution is -2.27. The summed E-state index contributed by atoms with van der Waals surface area (Å²) in [4.78, 5) is 20.5. The predicted molar refractivity (Wildman–Crippen MR) is 137 cm³/mol. The zero-order valence-corrected chi connectivity index (χ0v) is 20.9. The molecule has 1 unspecified atom stereocenters. The monoisotopic (exact) mass is 492 g/mol. The predicted octanol–water partition coefficient (Wildman–Crippen LogP) is 5.09. The van der Waals surface area contributed by atoms with Gasteiger partial charge < -0.3 is 30.2 Å². The van der Waals surface area contributed by atoms with E-state index in [1.54, 1.807) is 14.0 Å². The molecule has 0 fully saturated rings. The van der Waals surface area contributed by atoms with Crippen LogP contribution in [0, 0.1) is 4.77 Å². The molecule has 1 aliphatic heterocycles. The summed E-state index contributed by atoms with van der Waals surface area (Å²) in [7, 11) is 1.58. The number of anilines is 2. The standard InChI is InChI=1S/C26H28N4O4S/c1-14(2)34-25(31)20-15(3)28-24-22(23(27)29-26(35)30-24)21(20)17-10-11-18(19(12-17)32-4)33-13-16-8-6-5-7-9-16/h5-12,14,21H,13H2,1-4H3,(H4,27,28,29,30,35). The Morgan fingerprint density at radius 2 is 1.91 bits per heavy atom. The summed E-state index contributed by atoms with van der Waals surface area (Å²) in [6.45, 7) is 5.81. The quantitative estimate of drug-likeness (QED) is 0.309. The maximum atomic E-state index is 13.2. The van der Waals surface area contributed by atoms with Gasteiger partial charge >= 0.3 is 5.97 Å². The number of nitrogens with zero attached hydrogens (tertiary/aromatic N) is 1. The number of hydrogen-bond donors (Lipinski definition) is 3. The molecule has 0 saturated carbocycles. The van der Waals surface area contributed by atoms with Crippen LogP contribution in [0.25, 0.3) is 0 Å². The van der Waals surface area contributed by atoms with E-state index in [1.165, 1.54) is 0 Å². The molecule has 1 aliphatic rings. The third kappa shape index (κ3) is 5.14. The maximum Gasteiger partial charge on any atom is 0.337 e. The summed E-state index contributed by atoms with van der Waals surface area (Å²) in [5.74, 6) is 0.934. The van der Waals surface area contributed by atoms with Crippen LogP contribution in [-0.2, 0) is 16.1 Å². The molecule has 4 rings (SSSR count). The van der Waals surface area contributed by atoms with E-state index in [2.05, 4.69) is 15.3 Å². The SMILES string of the molecule is COc1cc(C2C(C(=O)OC(C)C)=C(C)Nc3nc(=S)[nH]c(N)c32)ccc1OCc1ccccc1. The second kappa shape index (κ2) is 10.2. The van der Waals surface area contributed by atoms with Gasteiger partial charge in [-0.1, -0.05) is 36.4 Å². The first kappa shape index (κ1) is 24.3. The normalized spacial score (nSPS) is 14.8. The van der Waals surface area contributed by atoms with Crippen LogP contribution in [0.5, 0.6) is 11.5 Å². The molecule has 9 heteroatoms. The highest BCUT2D eigenvalue weighted by atomic mass is 32.1. The van der Waals surface area contributed by atoms with Gasteiger partial charge in [-0.05, 0) is 56.2 Å². The third-order valence-electron chi connectivity index (χ3n) is 5.61. The third-order valence-corrected chi connectivity index (χ3v) is 5.80. The topological polar surface area (TPSA) is 111 Å². The molecule has 0 radical (unpaired) electrons. The Bertz CT molecular complexity index is 1330. The summed E-state index contributed by atoms with van der Waals surface area (Å²) < 4.78 is 17.5. The van der Waals surface area contributed by atoms with Crippen LogP contribution in [-0.4, -0.2) is 29.2 Å². The van der Waals surface area contributed by atoms with Gasteiger partial charge in [0.15, 0.2) is 16.3 Å². The Kier molecular flexibility index (Phi) is 7.07. The van der Waals surface area contributed by atoms with Gasteiger partial charge in [0.2, 0.25) is 0 Å². The molecule has 2 aromatic carbocycles. The minimum Gasteiger partial charge on any atom is -0.493 e. The van der Waals surface area contributed by atoms with Gasteiger partial charge in [-0.2, -0.15) is 0 Å². The van der Waals surface area contributed by atoms with Crippen molar-refractivity contribution in [2.45, 2.75) is 39.4 Å². The summed E-state index contributed by atoms with van der Waals surface area (Å²) in [6, 6.07) is 15.4. The molecule has 1 aromatic heterocycles. The second-order valence-corrected chi connectivity index (χ2v) is 8.84. The van der Waals surface area contributed by atoms with Gasteiger partial charge in [0.25, 0.3) is 0 Å². The van der Waals surface area contributed by atoms with E-state index in [0.29, 0.717) is 46.6 Å². The molecule has 3 aromatic rings. The van der Waals surface area contributed by atoms with Gasteiger partial charge in [0.1, 0.15) is 18.2 Å². The summed E-state index contributed by atoms with van der Waals surface area (Å²) in [5, 5.41) is 3.17. The molecule has 0 aliphatic carbocycles. The van der Waals surface area contributed by atoms with E-state index in [9.17, 15) is 4.79 Å². The highest BCUT2D eigenvalue weighted by molar-refractivity contribution is 7.71. The minimum absolute atomic E-state index is 0.246. The molecular weight excluding hydrogens is 464 g/mol. The van der Waals surface area contributed by atoms with Crippen molar-refractivity contribution in [1.82, 2.24) is 9.97 Å². The van der Waals surface area contributed by atoms with Gasteiger partial charge in [0.05, 0.1) is 24.7 Å². The average Bonchev–Trinajstić information content (AvgIpc) is 2.81. The summed E-state index contributed by atoms with van der Waals surface area (Å²) in [6.07, 6.45) is -0.287. The number of benzene rings is 2. The number of methoxy groups -OCH3 is 1. The Labute approximate surface area is 209 Å². The Balaban J connectivity index is 1.79. The second-order valence-electron chi connectivity index (χ2n) is 8.45. The molecule has 0 saturated heterocycles. The van der Waals surface area contributed by atoms with Crippen molar-refractivity contribution in [1.29, 1.82) is 0 Å². The fraction of sp³-hybridized carbons (Fsp3) is 0.269. The number of ether oxygens (including phenoxy) is 3. The molecule has 1 atom stereocenters. The van der Waals surface area contributed by atoms with Crippen LogP contribution in [0.15, 0.2) is 59.8 Å². The number of carbonyl (C=O) groups excluding carboxylic acids is 1. The number of nitrogens with two attached hydrogens (primary N) is 1. The number of nitrogen functional groups attached to an aromatic ring is 1. The molecule has 8 nitrogen and oxygen atoms in total. The maximum absolute atomic E-state index is 13.2. The molecule has 182 valence electrons. The fourth-order valence-electron chi connectivity index (χ4n) is 4.09. The summed E-state index contributed by atoms with van der Waals surface area (Å²) >= 11 is 5.21. The first-order chi connectivity index (χ1) is 16.8. The van der Waals surface area contributed by atoms with Crippen LogP contribution in [0.1, 0.15) is 43.4 Å². The van der Waals surface area contributed by atoms with Crippen LogP contribution >= 0.6 is 12.2 Å². The van der Waals surface area contributed by atoms with Gasteiger partial charge in [0, 0.05) is 11.3 Å². The smallest absolute Gasteiger partial charge is 0.337 e. The highest BCUT2D eigenvalue weighted by Crippen LogP contribution is 2.45. The Morgan fingerprint density at radius 3 is 2.60 bits per heavy atom. The van der Waals surface area contributed by atoms with Crippen LogP contribution in [0.2, 0.25) is 0 Å². The molecule has 35 heavy (non-hydrogen) atoms. The van der Waals surface area contributed by atoms with Gasteiger partial charge in [-0.25, -0.2) is 9.78 Å². The van der Waals surface area contributed by atoms with Crippen molar-refractivity contribution in [2.75, 3.05) is 18.2 Å². The molecule has 2 heterocycles. The van der Waals surface area contributed by atoms with E-state index < -0.39 is 11.9 Å². The van der Waals surface area contributed by atoms with E-state index >= 15 is 0 Å². The van der Waals surface area contributed by atoms with Crippen molar-refractivity contribution >= 4 is 29.8 Å². The van der Waals surface area contributed by atoms with Crippen LogP contribution in [0.3, 0.4) is 0 Å². The van der Waals surface area contributed by atoms with E-state index in [1.807, 2.05) is 62.4 Å². The van der Waals surface area contributed by atoms with E-state index in [-0.39, 0.29) is 10.9 Å². The fourth-order valence-corrected chi connectivity index (χ4v) is 4.29. The number of allylic oxidation sites excluding steroid dienone is 1. The first-order valence-corrected chi connectivity index (χ1v) is 11.6. The van der Waals surface area contributed by atoms with Gasteiger partial charge in [-0.15, -0.1) is 0 Å². The minimum atomic E-state index is -0.561. The van der Waals surface area contributed by atoms with E-state index in [4.69, 9.17) is 32.2 Å². The molecule has 0 spiro atoms. The summed E-state index contributed by atoms with van der Waals surface area (Å²) in [5.41, 5.74) is 9.83. The van der Waals surface area contributed by atoms with E-state index in [0.717, 1.165) is 11.1 Å². The number of rotatable bonds is 7. The van der Waals surface area contributed by atoms with Crippen LogP contribution in [0.4, 0.5) is 11.6 Å². The van der Waals surface area contributed by atoms with Crippen molar-refractivity contribution in [2.24, 2.45) is 0 Å². The van der Waals surface area contributed by atoms with Crippen molar-refractivity contribution in [3.05, 3.63) is 81.3 Å². The largest absolute Gasteiger partial charge is 0.493 e. The number of H-pyrrole nitrogens is 1.